The third-order valence-electron chi connectivity index (χ3n) is 2.66. The van der Waals surface area contributed by atoms with Crippen LogP contribution >= 0.6 is 0 Å². The molecule has 0 bridgehead atoms. The summed E-state index contributed by atoms with van der Waals surface area (Å²) in [5, 5.41) is 0. The van der Waals surface area contributed by atoms with Crippen LogP contribution in [0.15, 0.2) is 24.3 Å². The number of nitrogens with two attached hydrogens (primary N) is 1. The van der Waals surface area contributed by atoms with E-state index in [4.69, 9.17) is 15.2 Å². The van der Waals surface area contributed by atoms with Gasteiger partial charge in [0.1, 0.15) is 17.6 Å². The molecule has 0 spiro atoms. The Labute approximate surface area is 96.5 Å². The average molecular weight is 221 g/mol. The van der Waals surface area contributed by atoms with Crippen molar-refractivity contribution in [1.29, 1.82) is 0 Å². The minimum absolute atomic E-state index is 0.0404. The van der Waals surface area contributed by atoms with E-state index in [9.17, 15) is 0 Å². The molecule has 1 aromatic rings. The Morgan fingerprint density at radius 1 is 1.38 bits per heavy atom. The summed E-state index contributed by atoms with van der Waals surface area (Å²) in [6, 6.07) is 7.76. The lowest BCUT2D eigenvalue weighted by molar-refractivity contribution is 0.227. The first-order chi connectivity index (χ1) is 7.78. The van der Waals surface area contributed by atoms with E-state index >= 15 is 0 Å². The smallest absolute Gasteiger partial charge is 0.123 e. The lowest BCUT2D eigenvalue weighted by atomic mass is 10.3. The molecule has 2 N–H and O–H groups in total. The second-order valence-corrected chi connectivity index (χ2v) is 4.39. The predicted molar refractivity (Wildman–Crippen MR) is 63.8 cm³/mol. The largest absolute Gasteiger partial charge is 0.493 e. The van der Waals surface area contributed by atoms with Gasteiger partial charge in [-0.15, -0.1) is 0 Å². The van der Waals surface area contributed by atoms with E-state index in [2.05, 4.69) is 0 Å². The number of hydrogen-bond acceptors (Lipinski definition) is 3. The summed E-state index contributed by atoms with van der Waals surface area (Å²) in [5.74, 6) is 2.48. The van der Waals surface area contributed by atoms with Crippen molar-refractivity contribution in [3.63, 3.8) is 0 Å². The summed E-state index contributed by atoms with van der Waals surface area (Å²) in [5.41, 5.74) is 5.51. The third kappa shape index (κ3) is 3.42. The van der Waals surface area contributed by atoms with Crippen molar-refractivity contribution in [2.45, 2.75) is 25.9 Å². The Morgan fingerprint density at radius 2 is 2.12 bits per heavy atom. The van der Waals surface area contributed by atoms with Crippen molar-refractivity contribution in [1.82, 2.24) is 0 Å². The van der Waals surface area contributed by atoms with E-state index in [1.807, 2.05) is 31.2 Å². The normalized spacial score (nSPS) is 16.9. The van der Waals surface area contributed by atoms with Crippen LogP contribution in [-0.4, -0.2) is 19.3 Å². The Hall–Kier alpha value is -1.22. The standard InChI is InChI=1S/C13H19NO2/c1-10(8-14)16-13-4-2-3-12(7-13)15-9-11-5-6-11/h2-4,7,10-11H,5-6,8-9,14H2,1H3/t10-/m1/s1. The highest BCUT2D eigenvalue weighted by Gasteiger charge is 2.21. The van der Waals surface area contributed by atoms with Gasteiger partial charge in [0, 0.05) is 12.6 Å². The van der Waals surface area contributed by atoms with Gasteiger partial charge in [0.15, 0.2) is 0 Å². The van der Waals surface area contributed by atoms with Crippen LogP contribution in [0.25, 0.3) is 0 Å². The van der Waals surface area contributed by atoms with E-state index in [1.54, 1.807) is 0 Å². The summed E-state index contributed by atoms with van der Waals surface area (Å²) in [7, 11) is 0. The summed E-state index contributed by atoms with van der Waals surface area (Å²) < 4.78 is 11.3. The number of rotatable bonds is 6. The SMILES string of the molecule is C[C@H](CN)Oc1cccc(OCC2CC2)c1. The van der Waals surface area contributed by atoms with Crippen molar-refractivity contribution in [2.75, 3.05) is 13.2 Å². The quantitative estimate of drug-likeness (QED) is 0.801. The topological polar surface area (TPSA) is 44.5 Å². The highest BCUT2D eigenvalue weighted by molar-refractivity contribution is 5.33. The number of benzene rings is 1. The lowest BCUT2D eigenvalue weighted by Gasteiger charge is -2.13. The number of hydrogen-bond donors (Lipinski definition) is 1. The van der Waals surface area contributed by atoms with Crippen LogP contribution in [0.4, 0.5) is 0 Å². The molecular formula is C13H19NO2. The maximum absolute atomic E-state index is 5.67. The fourth-order valence-corrected chi connectivity index (χ4v) is 1.42. The first kappa shape index (κ1) is 11.3. The molecule has 0 radical (unpaired) electrons. The average Bonchev–Trinajstić information content (AvgIpc) is 3.10. The van der Waals surface area contributed by atoms with Gasteiger partial charge in [-0.25, -0.2) is 0 Å². The molecule has 3 heteroatoms. The maximum atomic E-state index is 5.67. The molecule has 1 atom stereocenters. The molecular weight excluding hydrogens is 202 g/mol. The molecule has 16 heavy (non-hydrogen) atoms. The Kier molecular flexibility index (Phi) is 3.67. The Bertz CT molecular complexity index is 336. The Balaban J connectivity index is 1.89. The molecule has 0 aromatic heterocycles. The van der Waals surface area contributed by atoms with Gasteiger partial charge in [0.2, 0.25) is 0 Å². The van der Waals surface area contributed by atoms with Gasteiger partial charge in [-0.05, 0) is 37.8 Å². The summed E-state index contributed by atoms with van der Waals surface area (Å²) in [4.78, 5) is 0. The van der Waals surface area contributed by atoms with E-state index in [0.717, 1.165) is 24.0 Å². The van der Waals surface area contributed by atoms with Gasteiger partial charge < -0.3 is 15.2 Å². The van der Waals surface area contributed by atoms with Crippen molar-refractivity contribution in [2.24, 2.45) is 11.7 Å². The van der Waals surface area contributed by atoms with Gasteiger partial charge in [-0.1, -0.05) is 6.07 Å². The lowest BCUT2D eigenvalue weighted by Crippen LogP contribution is -2.22. The summed E-state index contributed by atoms with van der Waals surface area (Å²) in [6.07, 6.45) is 2.65. The molecule has 2 rings (SSSR count). The first-order valence-electron chi connectivity index (χ1n) is 5.87. The molecule has 1 aliphatic carbocycles. The zero-order chi connectivity index (χ0) is 11.4. The van der Waals surface area contributed by atoms with Crippen LogP contribution in [0.5, 0.6) is 11.5 Å². The van der Waals surface area contributed by atoms with Crippen molar-refractivity contribution in [3.8, 4) is 11.5 Å². The zero-order valence-electron chi connectivity index (χ0n) is 9.69. The van der Waals surface area contributed by atoms with E-state index < -0.39 is 0 Å². The van der Waals surface area contributed by atoms with Gasteiger partial charge in [-0.2, -0.15) is 0 Å². The van der Waals surface area contributed by atoms with Crippen molar-refractivity contribution < 1.29 is 9.47 Å². The molecule has 1 aliphatic rings. The van der Waals surface area contributed by atoms with Crippen LogP contribution in [0.3, 0.4) is 0 Å². The fourth-order valence-electron chi connectivity index (χ4n) is 1.42. The van der Waals surface area contributed by atoms with Crippen molar-refractivity contribution >= 4 is 0 Å². The summed E-state index contributed by atoms with van der Waals surface area (Å²) in [6.45, 7) is 3.31. The monoisotopic (exact) mass is 221 g/mol. The molecule has 0 aliphatic heterocycles. The van der Waals surface area contributed by atoms with Crippen molar-refractivity contribution in [3.05, 3.63) is 24.3 Å². The molecule has 1 fully saturated rings. The molecule has 0 unspecified atom stereocenters. The van der Waals surface area contributed by atoms with E-state index in [1.165, 1.54) is 12.8 Å². The fraction of sp³-hybridized carbons (Fsp3) is 0.538. The first-order valence-corrected chi connectivity index (χ1v) is 5.87. The molecule has 0 heterocycles. The minimum Gasteiger partial charge on any atom is -0.493 e. The zero-order valence-corrected chi connectivity index (χ0v) is 9.69. The molecule has 1 saturated carbocycles. The van der Waals surface area contributed by atoms with Crippen LogP contribution < -0.4 is 15.2 Å². The predicted octanol–water partition coefficient (Wildman–Crippen LogP) is 2.20. The highest BCUT2D eigenvalue weighted by Crippen LogP contribution is 2.30. The summed E-state index contributed by atoms with van der Waals surface area (Å²) >= 11 is 0. The van der Waals surface area contributed by atoms with Crippen LogP contribution in [0.2, 0.25) is 0 Å². The number of ether oxygens (including phenoxy) is 2. The molecule has 88 valence electrons. The maximum Gasteiger partial charge on any atom is 0.123 e. The second-order valence-electron chi connectivity index (χ2n) is 4.39. The van der Waals surface area contributed by atoms with E-state index in [0.29, 0.717) is 6.54 Å². The second kappa shape index (κ2) is 5.21. The van der Waals surface area contributed by atoms with Gasteiger partial charge in [-0.3, -0.25) is 0 Å². The van der Waals surface area contributed by atoms with Crippen LogP contribution in [0, 0.1) is 5.92 Å². The molecule has 3 nitrogen and oxygen atoms in total. The minimum atomic E-state index is 0.0404. The third-order valence-corrected chi connectivity index (χ3v) is 2.66. The van der Waals surface area contributed by atoms with Gasteiger partial charge >= 0.3 is 0 Å². The highest BCUT2D eigenvalue weighted by atomic mass is 16.5. The van der Waals surface area contributed by atoms with E-state index in [-0.39, 0.29) is 6.10 Å². The van der Waals surface area contributed by atoms with Gasteiger partial charge in [0.05, 0.1) is 6.61 Å². The Morgan fingerprint density at radius 3 is 2.81 bits per heavy atom. The van der Waals surface area contributed by atoms with Crippen LogP contribution in [-0.2, 0) is 0 Å². The van der Waals surface area contributed by atoms with Crippen LogP contribution in [0.1, 0.15) is 19.8 Å². The molecule has 1 aromatic carbocycles. The molecule has 0 saturated heterocycles. The molecule has 0 amide bonds. The van der Waals surface area contributed by atoms with Gasteiger partial charge in [0.25, 0.3) is 0 Å².